The average Bonchev–Trinajstić information content (AvgIpc) is 3.57. The van der Waals surface area contributed by atoms with Crippen LogP contribution in [0, 0.1) is 5.92 Å². The van der Waals surface area contributed by atoms with Gasteiger partial charge in [0.1, 0.15) is 32.9 Å². The van der Waals surface area contributed by atoms with Gasteiger partial charge < -0.3 is 29.2 Å². The Morgan fingerprint density at radius 3 is 2.36 bits per heavy atom. The predicted octanol–water partition coefficient (Wildman–Crippen LogP) is 9.33. The molecule has 6 aromatic rings. The molecule has 3 aliphatic rings. The number of hydrogen-bond acceptors (Lipinski definition) is 10. The van der Waals surface area contributed by atoms with Crippen molar-refractivity contribution in [1.82, 2.24) is 19.4 Å². The van der Waals surface area contributed by atoms with Crippen LogP contribution < -0.4 is 9.47 Å². The number of hydrogen-bond donors (Lipinski definition) is 2. The summed E-state index contributed by atoms with van der Waals surface area (Å²) in [4.78, 5) is 51.1. The number of aromatic nitrogens is 3. The molecule has 296 valence electrons. The van der Waals surface area contributed by atoms with E-state index < -0.39 is 11.9 Å². The minimum Gasteiger partial charge on any atom is -0.497 e. The first-order valence-electron chi connectivity index (χ1n) is 19.5. The Bertz CT molecular complexity index is 2640. The highest BCUT2D eigenvalue weighted by atomic mass is 32.1. The molecule has 0 radical (unpaired) electrons. The number of methoxy groups -OCH3 is 2. The van der Waals surface area contributed by atoms with E-state index in [0.29, 0.717) is 27.7 Å². The van der Waals surface area contributed by atoms with E-state index in [1.807, 2.05) is 66.9 Å². The summed E-state index contributed by atoms with van der Waals surface area (Å²) in [6.45, 7) is 2.26. The van der Waals surface area contributed by atoms with Crippen LogP contribution in [0.15, 0.2) is 84.8 Å². The number of carboxylic acids is 2. The van der Waals surface area contributed by atoms with Gasteiger partial charge in [0.05, 0.1) is 24.7 Å². The number of aliphatic carboxylic acids is 1. The molecular formula is C45H42N4O7S2. The van der Waals surface area contributed by atoms with Gasteiger partial charge >= 0.3 is 11.9 Å². The monoisotopic (exact) mass is 814 g/mol. The lowest BCUT2D eigenvalue weighted by molar-refractivity contribution is -0.134. The molecule has 11 nitrogen and oxygen atoms in total. The van der Waals surface area contributed by atoms with Gasteiger partial charge in [-0.05, 0) is 66.1 Å². The van der Waals surface area contributed by atoms with Crippen molar-refractivity contribution < 1.29 is 34.1 Å². The molecule has 4 heterocycles. The van der Waals surface area contributed by atoms with Gasteiger partial charge in [-0.15, -0.1) is 22.7 Å². The summed E-state index contributed by atoms with van der Waals surface area (Å²) >= 11 is 2.81. The van der Waals surface area contributed by atoms with Crippen LogP contribution in [0.3, 0.4) is 0 Å². The van der Waals surface area contributed by atoms with E-state index in [4.69, 9.17) is 14.5 Å². The Morgan fingerprint density at radius 1 is 0.810 bits per heavy atom. The Kier molecular flexibility index (Phi) is 9.89. The van der Waals surface area contributed by atoms with Gasteiger partial charge in [-0.1, -0.05) is 55.3 Å². The molecule has 2 aliphatic carbocycles. The summed E-state index contributed by atoms with van der Waals surface area (Å²) in [5.74, 6) is -0.0784. The summed E-state index contributed by atoms with van der Waals surface area (Å²) in [7, 11) is 3.30. The fraction of sp³-hybridized carbons (Fsp3) is 0.311. The molecule has 4 atom stereocenters. The van der Waals surface area contributed by atoms with Crippen molar-refractivity contribution in [2.24, 2.45) is 5.92 Å². The summed E-state index contributed by atoms with van der Waals surface area (Å²) in [6, 6.07) is 21.6. The van der Waals surface area contributed by atoms with E-state index in [1.165, 1.54) is 24.5 Å². The SMILES string of the molecule is COc1cccc(CN2C(C(=O)O)=C(c3ncc(C4CC4c4ccc(Cn5c(C(=O)O)c(-c6ncc(C(C)=O)s6)c6ccccc65)cc4OC)s3)C3CCCCC32)c1. The minimum atomic E-state index is -1.08. The molecule has 0 amide bonds. The standard InChI is InChI=1S/C45H42N4O7S2/c1-24(50)36-20-46-42(57-36)38-29-11-4-7-14-34(29)49(40(38)44(51)52)23-26-15-16-28(35(18-26)56-3)31-19-32(31)37-21-47-43(58-37)39-30-12-5-6-13-33(30)48(41(39)45(53)54)22-25-9-8-10-27(17-25)55-2/h4,7-11,14-18,20-21,30-33H,5-6,12-13,19,22-23H2,1-3H3,(H,51,52)(H,53,54). The number of carbonyl (C=O) groups is 3. The third-order valence-electron chi connectivity index (χ3n) is 11.9. The largest absolute Gasteiger partial charge is 0.497 e. The number of rotatable bonds is 13. The number of carbonyl (C=O) groups excluding carboxylic acids is 1. The summed E-state index contributed by atoms with van der Waals surface area (Å²) in [5, 5.41) is 23.3. The first kappa shape index (κ1) is 37.8. The normalized spacial score (nSPS) is 20.0. The summed E-state index contributed by atoms with van der Waals surface area (Å²) < 4.78 is 13.2. The highest BCUT2D eigenvalue weighted by Crippen LogP contribution is 2.59. The minimum absolute atomic E-state index is 0.111. The Balaban J connectivity index is 0.993. The van der Waals surface area contributed by atoms with Crippen LogP contribution in [0.1, 0.15) is 97.6 Å². The number of fused-ring (bicyclic) bond motifs is 2. The molecule has 1 aliphatic heterocycles. The van der Waals surface area contributed by atoms with E-state index in [2.05, 4.69) is 16.0 Å². The Hall–Kier alpha value is -5.79. The number of aromatic carboxylic acids is 1. The number of nitrogens with zero attached hydrogens (tertiary/aromatic N) is 4. The first-order chi connectivity index (χ1) is 28.1. The Labute approximate surface area is 343 Å². The second kappa shape index (κ2) is 15.2. The smallest absolute Gasteiger partial charge is 0.353 e. The van der Waals surface area contributed by atoms with E-state index in [1.54, 1.807) is 30.1 Å². The van der Waals surface area contributed by atoms with Gasteiger partial charge in [-0.2, -0.15) is 0 Å². The van der Waals surface area contributed by atoms with Crippen molar-refractivity contribution in [1.29, 1.82) is 0 Å². The zero-order valence-corrected chi connectivity index (χ0v) is 33.9. The van der Waals surface area contributed by atoms with E-state index in [-0.39, 0.29) is 41.8 Å². The van der Waals surface area contributed by atoms with Crippen LogP contribution in [-0.4, -0.2) is 67.6 Å². The highest BCUT2D eigenvalue weighted by Gasteiger charge is 2.47. The van der Waals surface area contributed by atoms with Crippen molar-refractivity contribution in [2.45, 2.75) is 70.0 Å². The fourth-order valence-corrected chi connectivity index (χ4v) is 11.3. The number of ketones is 1. The molecule has 0 spiro atoms. The van der Waals surface area contributed by atoms with Crippen LogP contribution in [0.5, 0.6) is 11.5 Å². The van der Waals surface area contributed by atoms with Crippen LogP contribution in [0.25, 0.3) is 27.0 Å². The lowest BCUT2D eigenvalue weighted by Gasteiger charge is -2.34. The second-order valence-corrected chi connectivity index (χ2v) is 17.4. The fourth-order valence-electron chi connectivity index (χ4n) is 9.22. The van der Waals surface area contributed by atoms with Gasteiger partial charge in [0, 0.05) is 71.6 Å². The van der Waals surface area contributed by atoms with E-state index in [9.17, 15) is 24.6 Å². The molecule has 9 rings (SSSR count). The lowest BCUT2D eigenvalue weighted by atomic mass is 9.81. The molecule has 4 unspecified atom stereocenters. The van der Waals surface area contributed by atoms with E-state index >= 15 is 0 Å². The first-order valence-corrected chi connectivity index (χ1v) is 21.1. The Morgan fingerprint density at radius 2 is 1.60 bits per heavy atom. The number of ether oxygens (including phenoxy) is 2. The maximum atomic E-state index is 13.1. The molecule has 3 aromatic heterocycles. The summed E-state index contributed by atoms with van der Waals surface area (Å²) in [6.07, 6.45) is 8.38. The van der Waals surface area contributed by atoms with Crippen molar-refractivity contribution in [3.63, 3.8) is 0 Å². The lowest BCUT2D eigenvalue weighted by Crippen LogP contribution is -2.37. The van der Waals surface area contributed by atoms with Gasteiger partial charge in [-0.25, -0.2) is 19.6 Å². The zero-order valence-electron chi connectivity index (χ0n) is 32.3. The van der Waals surface area contributed by atoms with Crippen molar-refractivity contribution >= 4 is 56.9 Å². The third-order valence-corrected chi connectivity index (χ3v) is 14.2. The van der Waals surface area contributed by atoms with Crippen LogP contribution >= 0.6 is 22.7 Å². The maximum Gasteiger partial charge on any atom is 0.353 e. The number of benzene rings is 3. The third kappa shape index (κ3) is 6.65. The van der Waals surface area contributed by atoms with Crippen molar-refractivity contribution in [3.05, 3.63) is 122 Å². The number of thiazole rings is 2. The summed E-state index contributed by atoms with van der Waals surface area (Å²) in [5.41, 5.74) is 5.57. The van der Waals surface area contributed by atoms with Crippen LogP contribution in [0.2, 0.25) is 0 Å². The van der Waals surface area contributed by atoms with Gasteiger partial charge in [0.25, 0.3) is 0 Å². The van der Waals surface area contributed by atoms with Gasteiger partial charge in [-0.3, -0.25) is 4.79 Å². The zero-order chi connectivity index (χ0) is 40.2. The van der Waals surface area contributed by atoms with Crippen molar-refractivity contribution in [3.8, 4) is 22.1 Å². The van der Waals surface area contributed by atoms with Gasteiger partial charge in [0.15, 0.2) is 5.78 Å². The molecule has 0 bridgehead atoms. The second-order valence-electron chi connectivity index (χ2n) is 15.3. The molecule has 0 saturated heterocycles. The van der Waals surface area contributed by atoms with Gasteiger partial charge in [0.2, 0.25) is 0 Å². The van der Waals surface area contributed by atoms with E-state index in [0.717, 1.165) is 86.7 Å². The number of para-hydroxylation sites is 1. The van der Waals surface area contributed by atoms with Crippen LogP contribution in [-0.2, 0) is 17.9 Å². The average molecular weight is 815 g/mol. The molecule has 2 saturated carbocycles. The predicted molar refractivity (Wildman–Crippen MR) is 223 cm³/mol. The maximum absolute atomic E-state index is 13.1. The molecule has 2 N–H and O–H groups in total. The van der Waals surface area contributed by atoms with Crippen LogP contribution in [0.4, 0.5) is 0 Å². The molecular weight excluding hydrogens is 773 g/mol. The molecule has 13 heteroatoms. The quantitative estimate of drug-likeness (QED) is 0.108. The number of carboxylic acid groups (broad SMARTS) is 2. The molecule has 3 aromatic carbocycles. The molecule has 2 fully saturated rings. The van der Waals surface area contributed by atoms with Crippen molar-refractivity contribution in [2.75, 3.05) is 14.2 Å². The topological polar surface area (TPSA) is 144 Å². The number of Topliss-reactive ketones (excluding diaryl/α,β-unsaturated/α-hetero) is 1. The molecule has 58 heavy (non-hydrogen) atoms. The highest BCUT2D eigenvalue weighted by molar-refractivity contribution is 7.17.